The van der Waals surface area contributed by atoms with Gasteiger partial charge in [-0.15, -0.1) is 0 Å². The van der Waals surface area contributed by atoms with Crippen molar-refractivity contribution in [1.82, 2.24) is 9.80 Å². The largest absolute Gasteiger partial charge is 0.496 e. The molecule has 0 unspecified atom stereocenters. The molecular formula is C18H30N2O2. The number of hydrogen-bond acceptors (Lipinski definition) is 4. The van der Waals surface area contributed by atoms with Gasteiger partial charge in [0.15, 0.2) is 0 Å². The summed E-state index contributed by atoms with van der Waals surface area (Å²) in [6.45, 7) is 12.7. The van der Waals surface area contributed by atoms with Crippen LogP contribution in [0.25, 0.3) is 0 Å². The molecule has 0 fully saturated rings. The summed E-state index contributed by atoms with van der Waals surface area (Å²) in [4.78, 5) is 4.86. The third-order valence-corrected chi connectivity index (χ3v) is 4.75. The Morgan fingerprint density at radius 2 is 1.82 bits per heavy atom. The van der Waals surface area contributed by atoms with Crippen LogP contribution in [0.15, 0.2) is 6.07 Å². The smallest absolute Gasteiger partial charge is 0.127 e. The average molecular weight is 306 g/mol. The molecule has 0 atom stereocenters. The Kier molecular flexibility index (Phi) is 6.09. The van der Waals surface area contributed by atoms with Gasteiger partial charge in [-0.2, -0.15) is 0 Å². The maximum atomic E-state index is 5.80. The van der Waals surface area contributed by atoms with Crippen molar-refractivity contribution in [2.24, 2.45) is 0 Å². The maximum absolute atomic E-state index is 5.80. The van der Waals surface area contributed by atoms with Gasteiger partial charge in [0.05, 0.1) is 14.2 Å². The van der Waals surface area contributed by atoms with Gasteiger partial charge in [-0.25, -0.2) is 0 Å². The molecule has 0 bridgehead atoms. The van der Waals surface area contributed by atoms with E-state index < -0.39 is 0 Å². The second-order valence-electron chi connectivity index (χ2n) is 5.81. The third-order valence-electron chi connectivity index (χ3n) is 4.75. The first-order valence-corrected chi connectivity index (χ1v) is 8.38. The molecule has 2 rings (SSSR count). The van der Waals surface area contributed by atoms with E-state index in [0.29, 0.717) is 0 Å². The highest BCUT2D eigenvalue weighted by molar-refractivity contribution is 5.54. The molecule has 124 valence electrons. The van der Waals surface area contributed by atoms with Crippen LogP contribution in [0, 0.1) is 0 Å². The lowest BCUT2D eigenvalue weighted by atomic mass is 9.94. The number of nitrogens with zero attached hydrogens (tertiary/aromatic N) is 2. The Bertz CT molecular complexity index is 498. The zero-order valence-electron chi connectivity index (χ0n) is 14.7. The van der Waals surface area contributed by atoms with Crippen molar-refractivity contribution in [1.29, 1.82) is 0 Å². The molecule has 1 aromatic rings. The molecule has 1 heterocycles. The molecule has 1 aliphatic heterocycles. The molecule has 22 heavy (non-hydrogen) atoms. The normalized spacial score (nSPS) is 15.0. The van der Waals surface area contributed by atoms with Gasteiger partial charge in [-0.3, -0.25) is 9.80 Å². The zero-order chi connectivity index (χ0) is 16.1. The van der Waals surface area contributed by atoms with Crippen molar-refractivity contribution in [2.45, 2.75) is 40.3 Å². The van der Waals surface area contributed by atoms with Crippen LogP contribution in [0.3, 0.4) is 0 Å². The fraction of sp³-hybridized carbons (Fsp3) is 0.667. The van der Waals surface area contributed by atoms with E-state index in [2.05, 4.69) is 36.6 Å². The molecule has 4 heteroatoms. The van der Waals surface area contributed by atoms with Crippen LogP contribution in [-0.2, 0) is 19.5 Å². The van der Waals surface area contributed by atoms with Crippen molar-refractivity contribution in [2.75, 3.05) is 40.4 Å². The van der Waals surface area contributed by atoms with Crippen molar-refractivity contribution in [3.63, 3.8) is 0 Å². The number of hydrogen-bond donors (Lipinski definition) is 0. The predicted molar refractivity (Wildman–Crippen MR) is 90.8 cm³/mol. The van der Waals surface area contributed by atoms with Gasteiger partial charge < -0.3 is 9.47 Å². The van der Waals surface area contributed by atoms with Crippen LogP contribution in [0.2, 0.25) is 0 Å². The van der Waals surface area contributed by atoms with Gasteiger partial charge in [0.25, 0.3) is 0 Å². The number of methoxy groups -OCH3 is 2. The molecule has 1 aliphatic rings. The first-order chi connectivity index (χ1) is 10.7. The molecule has 0 radical (unpaired) electrons. The van der Waals surface area contributed by atoms with Gasteiger partial charge >= 0.3 is 0 Å². The second kappa shape index (κ2) is 7.84. The topological polar surface area (TPSA) is 24.9 Å². The lowest BCUT2D eigenvalue weighted by molar-refractivity contribution is 0.254. The van der Waals surface area contributed by atoms with Crippen LogP contribution < -0.4 is 9.47 Å². The molecule has 0 aliphatic carbocycles. The highest BCUT2D eigenvalue weighted by atomic mass is 16.5. The predicted octanol–water partition coefficient (Wildman–Crippen LogP) is 2.92. The maximum Gasteiger partial charge on any atom is 0.127 e. The van der Waals surface area contributed by atoms with Crippen LogP contribution >= 0.6 is 0 Å². The Balaban J connectivity index is 2.44. The summed E-state index contributed by atoms with van der Waals surface area (Å²) in [5, 5.41) is 0. The van der Waals surface area contributed by atoms with Gasteiger partial charge in [0, 0.05) is 36.3 Å². The highest BCUT2D eigenvalue weighted by Gasteiger charge is 2.25. The molecule has 0 spiro atoms. The molecule has 1 aromatic carbocycles. The Labute approximate surface area is 135 Å². The average Bonchev–Trinajstić information content (AvgIpc) is 2.58. The van der Waals surface area contributed by atoms with Crippen LogP contribution in [0.1, 0.15) is 37.5 Å². The van der Waals surface area contributed by atoms with E-state index in [-0.39, 0.29) is 0 Å². The number of ether oxygens (including phenoxy) is 2. The lowest BCUT2D eigenvalue weighted by Gasteiger charge is -2.31. The van der Waals surface area contributed by atoms with E-state index in [1.165, 1.54) is 16.7 Å². The molecule has 0 amide bonds. The van der Waals surface area contributed by atoms with E-state index in [0.717, 1.165) is 57.2 Å². The summed E-state index contributed by atoms with van der Waals surface area (Å²) in [5.41, 5.74) is 3.89. The molecule has 0 N–H and O–H groups in total. The van der Waals surface area contributed by atoms with Gasteiger partial charge in [0.1, 0.15) is 11.5 Å². The number of likely N-dealkylation sites (N-methyl/N-ethyl adjacent to an activating group) is 1. The first-order valence-electron chi connectivity index (χ1n) is 8.38. The van der Waals surface area contributed by atoms with Crippen LogP contribution in [-0.4, -0.2) is 50.2 Å². The van der Waals surface area contributed by atoms with Crippen molar-refractivity contribution >= 4 is 0 Å². The van der Waals surface area contributed by atoms with E-state index in [1.807, 2.05) is 0 Å². The fourth-order valence-corrected chi connectivity index (χ4v) is 3.31. The summed E-state index contributed by atoms with van der Waals surface area (Å²) >= 11 is 0. The Morgan fingerprint density at radius 3 is 2.36 bits per heavy atom. The SMILES string of the molecule is CCN(CC)Cc1cc(OC)c2c(c1OC)CCN(CC)C2. The molecule has 0 saturated carbocycles. The zero-order valence-corrected chi connectivity index (χ0v) is 14.7. The third kappa shape index (κ3) is 3.39. The van der Waals surface area contributed by atoms with Crippen molar-refractivity contribution < 1.29 is 9.47 Å². The van der Waals surface area contributed by atoms with Gasteiger partial charge in [-0.1, -0.05) is 20.8 Å². The highest BCUT2D eigenvalue weighted by Crippen LogP contribution is 2.38. The summed E-state index contributed by atoms with van der Waals surface area (Å²) in [5.74, 6) is 2.08. The van der Waals surface area contributed by atoms with Crippen molar-refractivity contribution in [3.05, 3.63) is 22.8 Å². The standard InChI is InChI=1S/C18H30N2O2/c1-6-19(7-2)12-14-11-17(21-4)16-13-20(8-3)10-9-15(16)18(14)22-5/h11H,6-10,12-13H2,1-5H3. The molecular weight excluding hydrogens is 276 g/mol. The summed E-state index contributed by atoms with van der Waals surface area (Å²) < 4.78 is 11.5. The molecule has 0 aromatic heterocycles. The van der Waals surface area contributed by atoms with Crippen LogP contribution in [0.4, 0.5) is 0 Å². The van der Waals surface area contributed by atoms with E-state index in [9.17, 15) is 0 Å². The fourth-order valence-electron chi connectivity index (χ4n) is 3.31. The second-order valence-corrected chi connectivity index (χ2v) is 5.81. The minimum absolute atomic E-state index is 0.914. The summed E-state index contributed by atoms with van der Waals surface area (Å²) in [7, 11) is 3.56. The minimum atomic E-state index is 0.914. The number of rotatable bonds is 7. The number of benzene rings is 1. The van der Waals surface area contributed by atoms with Gasteiger partial charge in [0.2, 0.25) is 0 Å². The monoisotopic (exact) mass is 306 g/mol. The van der Waals surface area contributed by atoms with E-state index >= 15 is 0 Å². The van der Waals surface area contributed by atoms with Crippen LogP contribution in [0.5, 0.6) is 11.5 Å². The molecule has 4 nitrogen and oxygen atoms in total. The Morgan fingerprint density at radius 1 is 1.09 bits per heavy atom. The quantitative estimate of drug-likeness (QED) is 0.773. The summed E-state index contributed by atoms with van der Waals surface area (Å²) in [6.07, 6.45) is 1.04. The first kappa shape index (κ1) is 17.1. The number of fused-ring (bicyclic) bond motifs is 1. The lowest BCUT2D eigenvalue weighted by Crippen LogP contribution is -2.31. The van der Waals surface area contributed by atoms with Gasteiger partial charge in [-0.05, 0) is 32.1 Å². The molecule has 0 saturated heterocycles. The van der Waals surface area contributed by atoms with E-state index in [4.69, 9.17) is 9.47 Å². The van der Waals surface area contributed by atoms with Crippen molar-refractivity contribution in [3.8, 4) is 11.5 Å². The minimum Gasteiger partial charge on any atom is -0.496 e. The summed E-state index contributed by atoms with van der Waals surface area (Å²) in [6, 6.07) is 2.18. The Hall–Kier alpha value is -1.26. The van der Waals surface area contributed by atoms with E-state index in [1.54, 1.807) is 14.2 Å².